The van der Waals surface area contributed by atoms with Crippen LogP contribution in [0.2, 0.25) is 0 Å². The topological polar surface area (TPSA) is 114 Å². The van der Waals surface area contributed by atoms with Crippen LogP contribution in [0, 0.1) is 22.7 Å². The Kier molecular flexibility index (Phi) is 3.60. The van der Waals surface area contributed by atoms with Crippen molar-refractivity contribution in [3.63, 3.8) is 0 Å². The van der Waals surface area contributed by atoms with Crippen LogP contribution in [0.25, 0.3) is 11.8 Å². The largest absolute Gasteiger partial charge is 0.507 e. The summed E-state index contributed by atoms with van der Waals surface area (Å²) >= 11 is 0. The van der Waals surface area contributed by atoms with Crippen molar-refractivity contribution in [2.45, 2.75) is 0 Å². The van der Waals surface area contributed by atoms with E-state index in [2.05, 4.69) is 9.97 Å². The Hall–Kier alpha value is -3.38. The van der Waals surface area contributed by atoms with Gasteiger partial charge in [-0.2, -0.15) is 10.5 Å². The lowest BCUT2D eigenvalue weighted by molar-refractivity contribution is 0.515. The lowest BCUT2D eigenvalue weighted by Crippen LogP contribution is -2.15. The Bertz CT molecular complexity index is 808. The van der Waals surface area contributed by atoms with Crippen molar-refractivity contribution in [1.29, 1.82) is 10.5 Å². The van der Waals surface area contributed by atoms with Crippen LogP contribution in [0.1, 0.15) is 22.6 Å². The Balaban J connectivity index is 2.53. The van der Waals surface area contributed by atoms with E-state index in [9.17, 15) is 9.90 Å². The number of aliphatic hydroxyl groups excluding tert-OH is 1. The molecule has 0 radical (unpaired) electrons. The van der Waals surface area contributed by atoms with E-state index in [0.29, 0.717) is 5.56 Å². The summed E-state index contributed by atoms with van der Waals surface area (Å²) in [6.07, 6.45) is 1.15. The monoisotopic (exact) mass is 264 g/mol. The molecule has 0 fully saturated rings. The molecule has 1 heterocycles. The van der Waals surface area contributed by atoms with E-state index in [4.69, 9.17) is 10.5 Å². The molecule has 0 aliphatic rings. The molecule has 0 spiro atoms. The summed E-state index contributed by atoms with van der Waals surface area (Å²) in [6, 6.07) is 12.0. The first-order chi connectivity index (χ1) is 9.65. The number of nitrogens with one attached hydrogen (secondary N) is 1. The van der Waals surface area contributed by atoms with Gasteiger partial charge in [0.1, 0.15) is 23.6 Å². The van der Waals surface area contributed by atoms with Crippen LogP contribution in [0.15, 0.2) is 35.1 Å². The highest BCUT2D eigenvalue weighted by molar-refractivity contribution is 5.74. The molecule has 0 bridgehead atoms. The SMILES string of the molecule is N#Cc1nc(C=C(O)c2ccccc2)c(=O)[nH]c1C#N. The molecule has 0 unspecified atom stereocenters. The van der Waals surface area contributed by atoms with Gasteiger partial charge in [-0.15, -0.1) is 0 Å². The molecule has 1 aromatic carbocycles. The zero-order valence-corrected chi connectivity index (χ0v) is 10.2. The van der Waals surface area contributed by atoms with Gasteiger partial charge in [0.15, 0.2) is 11.4 Å². The molecule has 96 valence electrons. The van der Waals surface area contributed by atoms with Crippen molar-refractivity contribution in [2.75, 3.05) is 0 Å². The zero-order chi connectivity index (χ0) is 14.5. The third-order valence-electron chi connectivity index (χ3n) is 2.50. The summed E-state index contributed by atoms with van der Waals surface area (Å²) in [5.41, 5.74) is -0.672. The fourth-order valence-electron chi connectivity index (χ4n) is 1.55. The van der Waals surface area contributed by atoms with Crippen LogP contribution in [0.3, 0.4) is 0 Å². The molecule has 20 heavy (non-hydrogen) atoms. The summed E-state index contributed by atoms with van der Waals surface area (Å²) in [7, 11) is 0. The molecule has 0 saturated heterocycles. The van der Waals surface area contributed by atoms with Gasteiger partial charge >= 0.3 is 0 Å². The minimum Gasteiger partial charge on any atom is -0.507 e. The van der Waals surface area contributed by atoms with Gasteiger partial charge in [0, 0.05) is 11.6 Å². The normalized spacial score (nSPS) is 10.6. The number of rotatable bonds is 2. The number of H-pyrrole nitrogens is 1. The Morgan fingerprint density at radius 2 is 1.95 bits per heavy atom. The molecule has 0 aliphatic carbocycles. The van der Waals surface area contributed by atoms with Crippen molar-refractivity contribution >= 4 is 11.8 Å². The number of nitriles is 2. The average Bonchev–Trinajstić information content (AvgIpc) is 2.49. The van der Waals surface area contributed by atoms with Gasteiger partial charge in [-0.05, 0) is 0 Å². The van der Waals surface area contributed by atoms with Gasteiger partial charge in [-0.1, -0.05) is 30.3 Å². The number of hydrogen-bond donors (Lipinski definition) is 2. The van der Waals surface area contributed by atoms with E-state index in [0.717, 1.165) is 6.08 Å². The third-order valence-corrected chi connectivity index (χ3v) is 2.50. The van der Waals surface area contributed by atoms with Crippen LogP contribution >= 0.6 is 0 Å². The molecule has 0 saturated carbocycles. The quantitative estimate of drug-likeness (QED) is 0.799. The van der Waals surface area contributed by atoms with Gasteiger partial charge in [-0.25, -0.2) is 4.98 Å². The number of aromatic amines is 1. The minimum absolute atomic E-state index is 0.137. The van der Waals surface area contributed by atoms with Crippen molar-refractivity contribution in [3.8, 4) is 12.1 Å². The number of benzene rings is 1. The zero-order valence-electron chi connectivity index (χ0n) is 10.2. The van der Waals surface area contributed by atoms with Crippen molar-refractivity contribution in [1.82, 2.24) is 9.97 Å². The highest BCUT2D eigenvalue weighted by Crippen LogP contribution is 2.12. The first-order valence-corrected chi connectivity index (χ1v) is 5.56. The van der Waals surface area contributed by atoms with E-state index in [-0.39, 0.29) is 22.8 Å². The van der Waals surface area contributed by atoms with Gasteiger partial charge in [0.05, 0.1) is 0 Å². The maximum atomic E-state index is 11.7. The fourth-order valence-corrected chi connectivity index (χ4v) is 1.55. The second-order valence-electron chi connectivity index (χ2n) is 3.79. The molecular formula is C14H8N4O2. The molecule has 6 nitrogen and oxygen atoms in total. The van der Waals surface area contributed by atoms with E-state index >= 15 is 0 Å². The fraction of sp³-hybridized carbons (Fsp3) is 0. The Morgan fingerprint density at radius 1 is 1.25 bits per heavy atom. The van der Waals surface area contributed by atoms with Crippen LogP contribution in [0.4, 0.5) is 0 Å². The van der Waals surface area contributed by atoms with Crippen molar-refractivity contribution in [2.24, 2.45) is 0 Å². The lowest BCUT2D eigenvalue weighted by Gasteiger charge is -2.00. The van der Waals surface area contributed by atoms with E-state index in [1.165, 1.54) is 0 Å². The third kappa shape index (κ3) is 2.55. The van der Waals surface area contributed by atoms with Gasteiger partial charge in [0.25, 0.3) is 5.56 Å². The van der Waals surface area contributed by atoms with E-state index in [1.54, 1.807) is 42.5 Å². The summed E-state index contributed by atoms with van der Waals surface area (Å²) in [6.45, 7) is 0. The predicted molar refractivity (Wildman–Crippen MR) is 71.2 cm³/mol. The molecular weight excluding hydrogens is 256 g/mol. The highest BCUT2D eigenvalue weighted by Gasteiger charge is 2.09. The smallest absolute Gasteiger partial charge is 0.275 e. The molecule has 0 amide bonds. The molecule has 2 N–H and O–H groups in total. The molecule has 1 aromatic heterocycles. The van der Waals surface area contributed by atoms with Crippen molar-refractivity contribution in [3.05, 3.63) is 63.3 Å². The summed E-state index contributed by atoms with van der Waals surface area (Å²) < 4.78 is 0. The standard InChI is InChI=1S/C14H8N4O2/c15-7-11-12(8-16)18-14(20)10(17-11)6-13(19)9-4-2-1-3-5-9/h1-6,19H,(H,18,20). The average molecular weight is 264 g/mol. The Morgan fingerprint density at radius 3 is 2.55 bits per heavy atom. The predicted octanol–water partition coefficient (Wildman–Crippen LogP) is 1.57. The molecule has 2 rings (SSSR count). The summed E-state index contributed by atoms with van der Waals surface area (Å²) in [5, 5.41) is 27.5. The number of nitrogens with zero attached hydrogens (tertiary/aromatic N) is 3. The van der Waals surface area contributed by atoms with Gasteiger partial charge in [0.2, 0.25) is 0 Å². The molecule has 6 heteroatoms. The summed E-state index contributed by atoms with van der Waals surface area (Å²) in [5.74, 6) is -0.155. The highest BCUT2D eigenvalue weighted by atomic mass is 16.3. The first kappa shape index (κ1) is 13.1. The molecule has 2 aromatic rings. The van der Waals surface area contributed by atoms with Crippen LogP contribution < -0.4 is 5.56 Å². The molecule has 0 aliphatic heterocycles. The van der Waals surface area contributed by atoms with Crippen LogP contribution in [-0.4, -0.2) is 15.1 Å². The van der Waals surface area contributed by atoms with Gasteiger partial charge in [-0.3, -0.25) is 4.79 Å². The van der Waals surface area contributed by atoms with Crippen LogP contribution in [-0.2, 0) is 0 Å². The summed E-state index contributed by atoms with van der Waals surface area (Å²) in [4.78, 5) is 17.7. The lowest BCUT2D eigenvalue weighted by atomic mass is 10.1. The second-order valence-corrected chi connectivity index (χ2v) is 3.79. The Labute approximate surface area is 113 Å². The number of hydrogen-bond acceptors (Lipinski definition) is 5. The first-order valence-electron chi connectivity index (χ1n) is 5.56. The van der Waals surface area contributed by atoms with Gasteiger partial charge < -0.3 is 10.1 Å². The maximum Gasteiger partial charge on any atom is 0.275 e. The maximum absolute atomic E-state index is 11.7. The van der Waals surface area contributed by atoms with Crippen molar-refractivity contribution < 1.29 is 5.11 Å². The van der Waals surface area contributed by atoms with E-state index in [1.807, 2.05) is 0 Å². The molecule has 0 atom stereocenters. The van der Waals surface area contributed by atoms with Crippen LogP contribution in [0.5, 0.6) is 0 Å². The number of aliphatic hydroxyl groups is 1. The minimum atomic E-state index is -0.650. The number of aromatic nitrogens is 2. The second kappa shape index (κ2) is 5.51. The van der Waals surface area contributed by atoms with E-state index < -0.39 is 5.56 Å².